The number of pyridine rings is 1. The summed E-state index contributed by atoms with van der Waals surface area (Å²) in [5, 5.41) is 1.06. The van der Waals surface area contributed by atoms with Gasteiger partial charge in [-0.2, -0.15) is 0 Å². The molecular weight excluding hydrogens is 246 g/mol. The summed E-state index contributed by atoms with van der Waals surface area (Å²) in [5.41, 5.74) is 9.09. The van der Waals surface area contributed by atoms with Crippen molar-refractivity contribution in [2.24, 2.45) is 5.92 Å². The highest BCUT2D eigenvalue weighted by Gasteiger charge is 2.18. The SMILES string of the molecule is CCC1CCN(Cc2cc(N)c3ccccc3n2)CC1. The molecular formula is C17H23N3. The second-order valence-electron chi connectivity index (χ2n) is 5.85. The molecule has 0 atom stereocenters. The van der Waals surface area contributed by atoms with Crippen LogP contribution in [0.2, 0.25) is 0 Å². The Morgan fingerprint density at radius 1 is 1.25 bits per heavy atom. The lowest BCUT2D eigenvalue weighted by Gasteiger charge is -2.31. The molecule has 3 rings (SSSR count). The van der Waals surface area contributed by atoms with E-state index in [4.69, 9.17) is 10.7 Å². The van der Waals surface area contributed by atoms with Crippen LogP contribution in [0.15, 0.2) is 30.3 Å². The summed E-state index contributed by atoms with van der Waals surface area (Å²) < 4.78 is 0. The van der Waals surface area contributed by atoms with Crippen molar-refractivity contribution in [2.45, 2.75) is 32.7 Å². The molecule has 2 heterocycles. The zero-order valence-electron chi connectivity index (χ0n) is 12.2. The fourth-order valence-electron chi connectivity index (χ4n) is 3.12. The van der Waals surface area contributed by atoms with E-state index in [0.29, 0.717) is 0 Å². The molecule has 0 aliphatic carbocycles. The van der Waals surface area contributed by atoms with Crippen LogP contribution in [-0.4, -0.2) is 23.0 Å². The van der Waals surface area contributed by atoms with Crippen molar-refractivity contribution >= 4 is 16.6 Å². The van der Waals surface area contributed by atoms with Gasteiger partial charge in [0, 0.05) is 17.6 Å². The molecule has 1 aliphatic rings. The maximum absolute atomic E-state index is 6.15. The van der Waals surface area contributed by atoms with E-state index in [0.717, 1.165) is 34.7 Å². The largest absolute Gasteiger partial charge is 0.398 e. The smallest absolute Gasteiger partial charge is 0.0726 e. The summed E-state index contributed by atoms with van der Waals surface area (Å²) in [5.74, 6) is 0.917. The van der Waals surface area contributed by atoms with Gasteiger partial charge in [0.2, 0.25) is 0 Å². The first-order valence-corrected chi connectivity index (χ1v) is 7.62. The Kier molecular flexibility index (Phi) is 3.88. The maximum atomic E-state index is 6.15. The van der Waals surface area contributed by atoms with Crippen molar-refractivity contribution in [3.63, 3.8) is 0 Å². The second-order valence-corrected chi connectivity index (χ2v) is 5.85. The lowest BCUT2D eigenvalue weighted by atomic mass is 9.94. The first-order valence-electron chi connectivity index (χ1n) is 7.62. The van der Waals surface area contributed by atoms with Gasteiger partial charge in [0.25, 0.3) is 0 Å². The summed E-state index contributed by atoms with van der Waals surface area (Å²) in [7, 11) is 0. The Morgan fingerprint density at radius 3 is 2.75 bits per heavy atom. The molecule has 0 radical (unpaired) electrons. The minimum atomic E-state index is 0.842. The minimum Gasteiger partial charge on any atom is -0.398 e. The first-order chi connectivity index (χ1) is 9.76. The predicted molar refractivity (Wildman–Crippen MR) is 84.4 cm³/mol. The van der Waals surface area contributed by atoms with Crippen molar-refractivity contribution in [3.8, 4) is 0 Å². The number of likely N-dealkylation sites (tertiary alicyclic amines) is 1. The average molecular weight is 269 g/mol. The summed E-state index contributed by atoms with van der Waals surface area (Å²) >= 11 is 0. The molecule has 1 fully saturated rings. The van der Waals surface area contributed by atoms with E-state index >= 15 is 0 Å². The number of fused-ring (bicyclic) bond motifs is 1. The van der Waals surface area contributed by atoms with Crippen molar-refractivity contribution in [3.05, 3.63) is 36.0 Å². The van der Waals surface area contributed by atoms with Crippen LogP contribution in [0.5, 0.6) is 0 Å². The molecule has 1 saturated heterocycles. The fraction of sp³-hybridized carbons (Fsp3) is 0.471. The lowest BCUT2D eigenvalue weighted by molar-refractivity contribution is 0.173. The number of rotatable bonds is 3. The van der Waals surface area contributed by atoms with E-state index in [9.17, 15) is 0 Å². The molecule has 20 heavy (non-hydrogen) atoms. The summed E-state index contributed by atoms with van der Waals surface area (Å²) in [6.45, 7) is 5.59. The highest BCUT2D eigenvalue weighted by atomic mass is 15.1. The van der Waals surface area contributed by atoms with Crippen LogP contribution < -0.4 is 5.73 Å². The molecule has 0 saturated carbocycles. The third kappa shape index (κ3) is 2.78. The molecule has 0 bridgehead atoms. The highest BCUT2D eigenvalue weighted by molar-refractivity contribution is 5.90. The van der Waals surface area contributed by atoms with Crippen LogP contribution in [0.1, 0.15) is 31.9 Å². The van der Waals surface area contributed by atoms with E-state index in [1.54, 1.807) is 0 Å². The Labute approximate surface area is 120 Å². The van der Waals surface area contributed by atoms with Crippen LogP contribution in [0.3, 0.4) is 0 Å². The highest BCUT2D eigenvalue weighted by Crippen LogP contribution is 2.24. The second kappa shape index (κ2) is 5.80. The van der Waals surface area contributed by atoms with Crippen molar-refractivity contribution in [1.29, 1.82) is 0 Å². The zero-order chi connectivity index (χ0) is 13.9. The number of nitrogen functional groups attached to an aromatic ring is 1. The summed E-state index contributed by atoms with van der Waals surface area (Å²) in [6.07, 6.45) is 3.95. The molecule has 3 nitrogen and oxygen atoms in total. The van der Waals surface area contributed by atoms with Crippen LogP contribution in [0, 0.1) is 5.92 Å². The number of para-hydroxylation sites is 1. The zero-order valence-corrected chi connectivity index (χ0v) is 12.2. The number of anilines is 1. The van der Waals surface area contributed by atoms with Crippen molar-refractivity contribution < 1.29 is 0 Å². The number of nitrogens with zero attached hydrogens (tertiary/aromatic N) is 2. The van der Waals surface area contributed by atoms with Crippen molar-refractivity contribution in [1.82, 2.24) is 9.88 Å². The predicted octanol–water partition coefficient (Wildman–Crippen LogP) is 3.44. The molecule has 2 N–H and O–H groups in total. The van der Waals surface area contributed by atoms with Gasteiger partial charge in [-0.05, 0) is 44.0 Å². The Morgan fingerprint density at radius 2 is 2.00 bits per heavy atom. The standard InChI is InChI=1S/C17H23N3/c1-2-13-7-9-20(10-8-13)12-14-11-16(18)15-5-3-4-6-17(15)19-14/h3-6,11,13H,2,7-10,12H2,1H3,(H2,18,19). The maximum Gasteiger partial charge on any atom is 0.0726 e. The quantitative estimate of drug-likeness (QED) is 0.928. The van der Waals surface area contributed by atoms with Crippen LogP contribution >= 0.6 is 0 Å². The van der Waals surface area contributed by atoms with Gasteiger partial charge in [0.1, 0.15) is 0 Å². The number of hydrogen-bond donors (Lipinski definition) is 1. The Balaban J connectivity index is 1.75. The van der Waals surface area contributed by atoms with Gasteiger partial charge in [-0.15, -0.1) is 0 Å². The molecule has 106 valence electrons. The Hall–Kier alpha value is -1.61. The monoisotopic (exact) mass is 269 g/mol. The van der Waals surface area contributed by atoms with E-state index in [1.807, 2.05) is 30.3 Å². The molecule has 1 aromatic heterocycles. The van der Waals surface area contributed by atoms with Gasteiger partial charge in [0.05, 0.1) is 11.2 Å². The molecule has 2 aromatic rings. The van der Waals surface area contributed by atoms with Crippen LogP contribution in [0.4, 0.5) is 5.69 Å². The molecule has 1 aliphatic heterocycles. The summed E-state index contributed by atoms with van der Waals surface area (Å²) in [6, 6.07) is 10.1. The van der Waals surface area contributed by atoms with Gasteiger partial charge >= 0.3 is 0 Å². The van der Waals surface area contributed by atoms with Gasteiger partial charge in [-0.1, -0.05) is 31.5 Å². The molecule has 0 amide bonds. The molecule has 0 unspecified atom stereocenters. The van der Waals surface area contributed by atoms with Crippen LogP contribution in [-0.2, 0) is 6.54 Å². The van der Waals surface area contributed by atoms with Gasteiger partial charge in [-0.3, -0.25) is 9.88 Å². The van der Waals surface area contributed by atoms with E-state index in [2.05, 4.69) is 11.8 Å². The lowest BCUT2D eigenvalue weighted by Crippen LogP contribution is -2.33. The van der Waals surface area contributed by atoms with E-state index in [1.165, 1.54) is 32.4 Å². The van der Waals surface area contributed by atoms with Gasteiger partial charge in [-0.25, -0.2) is 0 Å². The molecule has 0 spiro atoms. The number of nitrogens with two attached hydrogens (primary N) is 1. The fourth-order valence-corrected chi connectivity index (χ4v) is 3.12. The number of piperidine rings is 1. The Bertz CT molecular complexity index is 586. The van der Waals surface area contributed by atoms with E-state index < -0.39 is 0 Å². The molecule has 3 heteroatoms. The first kappa shape index (κ1) is 13.4. The minimum absolute atomic E-state index is 0.842. The normalized spacial score (nSPS) is 17.6. The number of benzene rings is 1. The van der Waals surface area contributed by atoms with Crippen molar-refractivity contribution in [2.75, 3.05) is 18.8 Å². The number of hydrogen-bond acceptors (Lipinski definition) is 3. The third-order valence-electron chi connectivity index (χ3n) is 4.47. The topological polar surface area (TPSA) is 42.1 Å². The van der Waals surface area contributed by atoms with Gasteiger partial charge < -0.3 is 5.73 Å². The number of aromatic nitrogens is 1. The third-order valence-corrected chi connectivity index (χ3v) is 4.47. The summed E-state index contributed by atoms with van der Waals surface area (Å²) in [4.78, 5) is 7.25. The average Bonchev–Trinajstić information content (AvgIpc) is 2.48. The molecule has 1 aromatic carbocycles. The van der Waals surface area contributed by atoms with Crippen LogP contribution in [0.25, 0.3) is 10.9 Å². The van der Waals surface area contributed by atoms with E-state index in [-0.39, 0.29) is 0 Å². The van der Waals surface area contributed by atoms with Gasteiger partial charge in [0.15, 0.2) is 0 Å².